The number of aliphatic hydroxyl groups excluding tert-OH is 3. The van der Waals surface area contributed by atoms with Gasteiger partial charge in [-0.05, 0) is 38.5 Å². The highest BCUT2D eigenvalue weighted by atomic mass is 16.3. The number of nitrogens with one attached hydrogen (secondary N) is 1. The van der Waals surface area contributed by atoms with Crippen molar-refractivity contribution in [2.45, 2.75) is 231 Å². The molecular weight excluding hydrogens is 606 g/mol. The molecule has 0 aliphatic rings. The molecule has 0 spiro atoms. The van der Waals surface area contributed by atoms with Gasteiger partial charge in [0.2, 0.25) is 5.91 Å². The molecule has 0 bridgehead atoms. The molecule has 49 heavy (non-hydrogen) atoms. The molecule has 1 amide bonds. The molecule has 5 heteroatoms. The summed E-state index contributed by atoms with van der Waals surface area (Å²) in [4.78, 5) is 12.4. The highest BCUT2D eigenvalue weighted by Gasteiger charge is 2.22. The van der Waals surface area contributed by atoms with Gasteiger partial charge in [0.25, 0.3) is 0 Å². The summed E-state index contributed by atoms with van der Waals surface area (Å²) >= 11 is 0. The summed E-state index contributed by atoms with van der Waals surface area (Å²) in [5, 5.41) is 32.9. The normalized spacial score (nSPS) is 14.0. The number of aliphatic hydroxyl groups is 3. The topological polar surface area (TPSA) is 89.8 Å². The fraction of sp³-hybridized carbons (Fsp3) is 0.841. The lowest BCUT2D eigenvalue weighted by Crippen LogP contribution is -2.48. The van der Waals surface area contributed by atoms with E-state index in [1.165, 1.54) is 141 Å². The molecule has 0 aromatic heterocycles. The Kier molecular flexibility index (Phi) is 38.2. The summed E-state index contributed by atoms with van der Waals surface area (Å²) in [5.74, 6) is -0.518. The van der Waals surface area contributed by atoms with Crippen LogP contribution in [0.1, 0.15) is 213 Å². The van der Waals surface area contributed by atoms with E-state index in [1.807, 2.05) is 6.08 Å². The quantitative estimate of drug-likeness (QED) is 0.0384. The Balaban J connectivity index is 3.57. The van der Waals surface area contributed by atoms with Gasteiger partial charge < -0.3 is 20.6 Å². The van der Waals surface area contributed by atoms with E-state index >= 15 is 0 Å². The van der Waals surface area contributed by atoms with Crippen molar-refractivity contribution in [2.75, 3.05) is 6.61 Å². The minimum Gasteiger partial charge on any atom is -0.394 e. The van der Waals surface area contributed by atoms with E-state index in [4.69, 9.17) is 0 Å². The molecule has 0 aromatic rings. The van der Waals surface area contributed by atoms with Gasteiger partial charge in [0.1, 0.15) is 6.10 Å². The predicted octanol–water partition coefficient (Wildman–Crippen LogP) is 12.0. The zero-order chi connectivity index (χ0) is 35.9. The number of hydrogen-bond acceptors (Lipinski definition) is 4. The average molecular weight is 690 g/mol. The van der Waals surface area contributed by atoms with Crippen molar-refractivity contribution in [3.05, 3.63) is 36.5 Å². The Labute approximate surface area is 304 Å². The summed E-state index contributed by atoms with van der Waals surface area (Å²) in [5.41, 5.74) is 0. The molecular formula is C44H83NO4. The Morgan fingerprint density at radius 3 is 1.22 bits per heavy atom. The number of amides is 1. The summed E-state index contributed by atoms with van der Waals surface area (Å²) in [6.07, 6.45) is 49.1. The number of carbonyl (C=O) groups excluding carboxylic acids is 1. The molecule has 4 N–H and O–H groups in total. The third kappa shape index (κ3) is 34.8. The van der Waals surface area contributed by atoms with E-state index in [0.717, 1.165) is 51.4 Å². The van der Waals surface area contributed by atoms with E-state index in [9.17, 15) is 20.1 Å². The molecule has 0 aromatic carbocycles. The van der Waals surface area contributed by atoms with Crippen LogP contribution in [-0.2, 0) is 4.79 Å². The van der Waals surface area contributed by atoms with E-state index in [-0.39, 0.29) is 6.61 Å². The molecule has 288 valence electrons. The van der Waals surface area contributed by atoms with Crippen molar-refractivity contribution in [1.82, 2.24) is 5.32 Å². The second-order valence-electron chi connectivity index (χ2n) is 14.5. The van der Waals surface area contributed by atoms with Gasteiger partial charge in [0.05, 0.1) is 18.8 Å². The Morgan fingerprint density at radius 1 is 0.510 bits per heavy atom. The van der Waals surface area contributed by atoms with Gasteiger partial charge in [-0.15, -0.1) is 0 Å². The molecule has 3 unspecified atom stereocenters. The Hall–Kier alpha value is -1.43. The minimum absolute atomic E-state index is 0.380. The number of allylic oxidation sites excluding steroid dienone is 5. The van der Waals surface area contributed by atoms with Crippen LogP contribution in [0.2, 0.25) is 0 Å². The molecule has 5 nitrogen and oxygen atoms in total. The molecule has 3 atom stereocenters. The van der Waals surface area contributed by atoms with Crippen LogP contribution in [0.5, 0.6) is 0 Å². The van der Waals surface area contributed by atoms with Gasteiger partial charge in [-0.2, -0.15) is 0 Å². The second-order valence-corrected chi connectivity index (χ2v) is 14.5. The minimum atomic E-state index is -1.10. The smallest absolute Gasteiger partial charge is 0.249 e. The lowest BCUT2D eigenvalue weighted by atomic mass is 10.0. The van der Waals surface area contributed by atoms with Crippen LogP contribution >= 0.6 is 0 Å². The van der Waals surface area contributed by atoms with Gasteiger partial charge in [0.15, 0.2) is 0 Å². The first-order valence-corrected chi connectivity index (χ1v) is 21.3. The summed E-state index contributed by atoms with van der Waals surface area (Å²) in [6, 6.07) is -0.816. The van der Waals surface area contributed by atoms with Gasteiger partial charge in [-0.25, -0.2) is 0 Å². The van der Waals surface area contributed by atoms with Crippen molar-refractivity contribution in [3.63, 3.8) is 0 Å². The molecule has 0 aliphatic heterocycles. The molecule has 0 aliphatic carbocycles. The predicted molar refractivity (Wildman–Crippen MR) is 213 cm³/mol. The third-order valence-corrected chi connectivity index (χ3v) is 9.72. The number of unbranched alkanes of at least 4 members (excludes halogenated alkanes) is 26. The Bertz CT molecular complexity index is 764. The van der Waals surface area contributed by atoms with E-state index in [0.29, 0.717) is 6.42 Å². The molecule has 0 radical (unpaired) electrons. The second kappa shape index (κ2) is 39.4. The van der Waals surface area contributed by atoms with Crippen molar-refractivity contribution >= 4 is 5.91 Å². The Morgan fingerprint density at radius 2 is 0.857 bits per heavy atom. The number of rotatable bonds is 38. The van der Waals surface area contributed by atoms with E-state index in [1.54, 1.807) is 6.08 Å². The lowest BCUT2D eigenvalue weighted by Gasteiger charge is -2.21. The molecule has 0 fully saturated rings. The third-order valence-electron chi connectivity index (χ3n) is 9.72. The van der Waals surface area contributed by atoms with Crippen LogP contribution in [0, 0.1) is 0 Å². The van der Waals surface area contributed by atoms with Crippen LogP contribution in [-0.4, -0.2) is 46.1 Å². The van der Waals surface area contributed by atoms with Gasteiger partial charge in [-0.1, -0.05) is 211 Å². The largest absolute Gasteiger partial charge is 0.394 e. The summed E-state index contributed by atoms with van der Waals surface area (Å²) < 4.78 is 0. The first kappa shape index (κ1) is 47.6. The lowest BCUT2D eigenvalue weighted by molar-refractivity contribution is -0.131. The van der Waals surface area contributed by atoms with Gasteiger partial charge in [-0.3, -0.25) is 4.79 Å². The maximum absolute atomic E-state index is 12.4. The number of hydrogen-bond donors (Lipinski definition) is 4. The monoisotopic (exact) mass is 690 g/mol. The maximum atomic E-state index is 12.4. The van der Waals surface area contributed by atoms with Crippen LogP contribution in [0.4, 0.5) is 0 Å². The fourth-order valence-electron chi connectivity index (χ4n) is 6.40. The van der Waals surface area contributed by atoms with Crippen molar-refractivity contribution < 1.29 is 20.1 Å². The first-order chi connectivity index (χ1) is 24.1. The SMILES string of the molecule is CC/C=C/CC/C=C/CC/C=C/C(O)C(CO)NC(=O)C(O)CCCCCCCCCCCCCCCCCCCCCCCCCCC. The van der Waals surface area contributed by atoms with E-state index < -0.39 is 24.2 Å². The van der Waals surface area contributed by atoms with E-state index in [2.05, 4.69) is 43.5 Å². The first-order valence-electron chi connectivity index (χ1n) is 21.3. The molecule has 0 heterocycles. The van der Waals surface area contributed by atoms with Crippen LogP contribution in [0.25, 0.3) is 0 Å². The van der Waals surface area contributed by atoms with Crippen molar-refractivity contribution in [1.29, 1.82) is 0 Å². The summed E-state index contributed by atoms with van der Waals surface area (Å²) in [7, 11) is 0. The standard InChI is InChI=1S/C44H83NO4/c1-3-5-7-9-11-13-15-16-17-18-19-20-21-22-23-24-25-26-27-28-29-31-33-35-37-39-43(48)44(49)45-41(40-46)42(47)38-36-34-32-30-14-12-10-8-6-4-2/h6,8,14,30,36,38,41-43,46-48H,3-5,7,9-13,15-29,31-35,37,39-40H2,1-2H3,(H,45,49)/b8-6+,30-14+,38-36+. The zero-order valence-corrected chi connectivity index (χ0v) is 32.6. The maximum Gasteiger partial charge on any atom is 0.249 e. The number of carbonyl (C=O) groups is 1. The molecule has 0 rings (SSSR count). The fourth-order valence-corrected chi connectivity index (χ4v) is 6.40. The van der Waals surface area contributed by atoms with Crippen LogP contribution < -0.4 is 5.32 Å². The van der Waals surface area contributed by atoms with Crippen LogP contribution in [0.15, 0.2) is 36.5 Å². The zero-order valence-electron chi connectivity index (χ0n) is 32.6. The van der Waals surface area contributed by atoms with Crippen molar-refractivity contribution in [3.8, 4) is 0 Å². The molecule has 0 saturated heterocycles. The highest BCUT2D eigenvalue weighted by molar-refractivity contribution is 5.80. The highest BCUT2D eigenvalue weighted by Crippen LogP contribution is 2.16. The van der Waals surface area contributed by atoms with Gasteiger partial charge in [0, 0.05) is 0 Å². The molecule has 0 saturated carbocycles. The van der Waals surface area contributed by atoms with Crippen LogP contribution in [0.3, 0.4) is 0 Å². The summed E-state index contributed by atoms with van der Waals surface area (Å²) in [6.45, 7) is 4.04. The van der Waals surface area contributed by atoms with Gasteiger partial charge >= 0.3 is 0 Å². The average Bonchev–Trinajstić information content (AvgIpc) is 3.11. The van der Waals surface area contributed by atoms with Crippen molar-refractivity contribution in [2.24, 2.45) is 0 Å².